The summed E-state index contributed by atoms with van der Waals surface area (Å²) in [5, 5.41) is 1.32. The van der Waals surface area contributed by atoms with Crippen LogP contribution in [0.4, 0.5) is 0 Å². The van der Waals surface area contributed by atoms with Crippen molar-refractivity contribution in [3.05, 3.63) is 29.5 Å². The zero-order valence-electron chi connectivity index (χ0n) is 11.2. The highest BCUT2D eigenvalue weighted by atomic mass is 32.2. The molecular formula is C15H19NOS. The number of hydrogen-bond acceptors (Lipinski definition) is 3. The topological polar surface area (TPSA) is 16.4 Å². The van der Waals surface area contributed by atoms with Crippen LogP contribution in [-0.2, 0) is 12.8 Å². The van der Waals surface area contributed by atoms with Gasteiger partial charge in [0.15, 0.2) is 0 Å². The predicted octanol–water partition coefficient (Wildman–Crippen LogP) is 3.57. The molecular weight excluding hydrogens is 242 g/mol. The van der Waals surface area contributed by atoms with Gasteiger partial charge < -0.3 is 9.32 Å². The first-order valence-corrected chi connectivity index (χ1v) is 7.70. The van der Waals surface area contributed by atoms with Crippen molar-refractivity contribution >= 4 is 22.7 Å². The van der Waals surface area contributed by atoms with E-state index in [9.17, 15) is 0 Å². The quantitative estimate of drug-likeness (QED) is 0.730. The van der Waals surface area contributed by atoms with Gasteiger partial charge in [0, 0.05) is 34.9 Å². The number of nitrogens with zero attached hydrogens (tertiary/aromatic N) is 1. The normalized spacial score (nSPS) is 20.9. The first-order chi connectivity index (χ1) is 8.69. The summed E-state index contributed by atoms with van der Waals surface area (Å²) in [6.07, 6.45) is 4.24. The molecule has 2 nitrogen and oxygen atoms in total. The zero-order chi connectivity index (χ0) is 12.7. The van der Waals surface area contributed by atoms with Crippen molar-refractivity contribution in [2.45, 2.75) is 30.7 Å². The molecule has 0 N–H and O–H groups in total. The van der Waals surface area contributed by atoms with Gasteiger partial charge >= 0.3 is 0 Å². The van der Waals surface area contributed by atoms with Crippen LogP contribution in [0.2, 0.25) is 0 Å². The van der Waals surface area contributed by atoms with E-state index in [-0.39, 0.29) is 0 Å². The second kappa shape index (κ2) is 4.63. The van der Waals surface area contributed by atoms with Gasteiger partial charge in [0.05, 0.1) is 0 Å². The highest BCUT2D eigenvalue weighted by Crippen LogP contribution is 2.32. The fourth-order valence-electron chi connectivity index (χ4n) is 2.68. The van der Waals surface area contributed by atoms with Crippen LogP contribution in [0.15, 0.2) is 27.5 Å². The van der Waals surface area contributed by atoms with Gasteiger partial charge in [0.1, 0.15) is 11.3 Å². The summed E-state index contributed by atoms with van der Waals surface area (Å²) >= 11 is 1.79. The van der Waals surface area contributed by atoms with Crippen molar-refractivity contribution < 1.29 is 4.42 Å². The van der Waals surface area contributed by atoms with E-state index in [0.717, 1.165) is 25.0 Å². The lowest BCUT2D eigenvalue weighted by atomic mass is 10.1. The number of furan rings is 1. The van der Waals surface area contributed by atoms with Crippen molar-refractivity contribution in [3.63, 3.8) is 0 Å². The average Bonchev–Trinajstić information content (AvgIpc) is 2.65. The molecule has 0 saturated carbocycles. The SMILES string of the molecule is CSc1ccc2oc3c(c2c1)CCN(C)C(C)C3. The molecule has 1 aliphatic rings. The molecule has 1 aromatic carbocycles. The monoisotopic (exact) mass is 261 g/mol. The zero-order valence-corrected chi connectivity index (χ0v) is 12.0. The van der Waals surface area contributed by atoms with E-state index in [0.29, 0.717) is 6.04 Å². The van der Waals surface area contributed by atoms with Crippen LogP contribution in [0.3, 0.4) is 0 Å². The Morgan fingerprint density at radius 1 is 1.39 bits per heavy atom. The minimum Gasteiger partial charge on any atom is -0.461 e. The predicted molar refractivity (Wildman–Crippen MR) is 77.5 cm³/mol. The van der Waals surface area contributed by atoms with Crippen molar-refractivity contribution in [3.8, 4) is 0 Å². The number of benzene rings is 1. The third kappa shape index (κ3) is 1.95. The Morgan fingerprint density at radius 3 is 3.00 bits per heavy atom. The Hall–Kier alpha value is -0.930. The van der Waals surface area contributed by atoms with E-state index in [1.54, 1.807) is 11.8 Å². The van der Waals surface area contributed by atoms with Crippen LogP contribution in [0, 0.1) is 0 Å². The summed E-state index contributed by atoms with van der Waals surface area (Å²) < 4.78 is 6.05. The highest BCUT2D eigenvalue weighted by molar-refractivity contribution is 7.98. The summed E-state index contributed by atoms with van der Waals surface area (Å²) in [7, 11) is 2.20. The standard InChI is InChI=1S/C15H19NOS/c1-10-8-15-12(6-7-16(10)2)13-9-11(18-3)4-5-14(13)17-15/h4-5,9-10H,6-8H2,1-3H3. The molecule has 2 aromatic rings. The summed E-state index contributed by atoms with van der Waals surface area (Å²) in [6, 6.07) is 7.10. The lowest BCUT2D eigenvalue weighted by molar-refractivity contribution is 0.262. The van der Waals surface area contributed by atoms with E-state index in [2.05, 4.69) is 43.3 Å². The van der Waals surface area contributed by atoms with Crippen molar-refractivity contribution in [1.82, 2.24) is 4.90 Å². The summed E-state index contributed by atoms with van der Waals surface area (Å²) in [4.78, 5) is 3.73. The largest absolute Gasteiger partial charge is 0.461 e. The van der Waals surface area contributed by atoms with Gasteiger partial charge in [-0.15, -0.1) is 11.8 Å². The highest BCUT2D eigenvalue weighted by Gasteiger charge is 2.22. The van der Waals surface area contributed by atoms with Crippen molar-refractivity contribution in [1.29, 1.82) is 0 Å². The molecule has 2 heterocycles. The van der Waals surface area contributed by atoms with Gasteiger partial charge in [-0.2, -0.15) is 0 Å². The molecule has 0 spiro atoms. The smallest absolute Gasteiger partial charge is 0.134 e. The molecule has 1 aromatic heterocycles. The van der Waals surface area contributed by atoms with E-state index >= 15 is 0 Å². The lowest BCUT2D eigenvalue weighted by Crippen LogP contribution is -2.30. The summed E-state index contributed by atoms with van der Waals surface area (Å²) in [5.74, 6) is 1.19. The second-order valence-electron chi connectivity index (χ2n) is 5.15. The third-order valence-corrected chi connectivity index (χ3v) is 4.75. The summed E-state index contributed by atoms with van der Waals surface area (Å²) in [6.45, 7) is 3.39. The maximum Gasteiger partial charge on any atom is 0.134 e. The molecule has 1 aliphatic heterocycles. The van der Waals surface area contributed by atoms with Gasteiger partial charge in [-0.3, -0.25) is 0 Å². The van der Waals surface area contributed by atoms with Crippen LogP contribution in [0.1, 0.15) is 18.2 Å². The first-order valence-electron chi connectivity index (χ1n) is 6.47. The van der Waals surface area contributed by atoms with Crippen LogP contribution in [0.25, 0.3) is 11.0 Å². The third-order valence-electron chi connectivity index (χ3n) is 4.03. The number of likely N-dealkylation sites (N-methyl/N-ethyl adjacent to an activating group) is 1. The molecule has 1 unspecified atom stereocenters. The molecule has 0 fully saturated rings. The summed E-state index contributed by atoms with van der Waals surface area (Å²) in [5.41, 5.74) is 2.48. The maximum absolute atomic E-state index is 6.05. The van der Waals surface area contributed by atoms with Gasteiger partial charge in [-0.05, 0) is 44.8 Å². The van der Waals surface area contributed by atoms with E-state index in [1.807, 2.05) is 0 Å². The number of thioether (sulfide) groups is 1. The minimum atomic E-state index is 0.562. The van der Waals surface area contributed by atoms with Gasteiger partial charge in [-0.25, -0.2) is 0 Å². The fraction of sp³-hybridized carbons (Fsp3) is 0.467. The molecule has 96 valence electrons. The molecule has 3 heteroatoms. The Bertz CT molecular complexity index is 575. The van der Waals surface area contributed by atoms with Gasteiger partial charge in [-0.1, -0.05) is 0 Å². The molecule has 0 bridgehead atoms. The van der Waals surface area contributed by atoms with Gasteiger partial charge in [0.25, 0.3) is 0 Å². The van der Waals surface area contributed by atoms with Crippen molar-refractivity contribution in [2.75, 3.05) is 19.8 Å². The average molecular weight is 261 g/mol. The van der Waals surface area contributed by atoms with Crippen LogP contribution in [-0.4, -0.2) is 30.8 Å². The first kappa shape index (κ1) is 12.1. The second-order valence-corrected chi connectivity index (χ2v) is 6.03. The Labute approximate surface area is 112 Å². The minimum absolute atomic E-state index is 0.562. The molecule has 0 aliphatic carbocycles. The molecule has 18 heavy (non-hydrogen) atoms. The maximum atomic E-state index is 6.05. The number of fused-ring (bicyclic) bond motifs is 3. The Morgan fingerprint density at radius 2 is 2.22 bits per heavy atom. The lowest BCUT2D eigenvalue weighted by Gasteiger charge is -2.20. The number of rotatable bonds is 1. The Balaban J connectivity index is 2.12. The number of hydrogen-bond donors (Lipinski definition) is 0. The van der Waals surface area contributed by atoms with E-state index in [4.69, 9.17) is 4.42 Å². The van der Waals surface area contributed by atoms with Crippen LogP contribution >= 0.6 is 11.8 Å². The van der Waals surface area contributed by atoms with Crippen LogP contribution < -0.4 is 0 Å². The molecule has 0 amide bonds. The van der Waals surface area contributed by atoms with E-state index in [1.165, 1.54) is 21.6 Å². The van der Waals surface area contributed by atoms with Crippen LogP contribution in [0.5, 0.6) is 0 Å². The molecule has 0 saturated heterocycles. The van der Waals surface area contributed by atoms with Crippen molar-refractivity contribution in [2.24, 2.45) is 0 Å². The molecule has 3 rings (SSSR count). The van der Waals surface area contributed by atoms with Gasteiger partial charge in [0.2, 0.25) is 0 Å². The Kier molecular flexibility index (Phi) is 3.12. The molecule has 1 atom stereocenters. The molecule has 0 radical (unpaired) electrons. The fourth-order valence-corrected chi connectivity index (χ4v) is 3.12. The van der Waals surface area contributed by atoms with E-state index < -0.39 is 0 Å².